The van der Waals surface area contributed by atoms with Gasteiger partial charge in [0.15, 0.2) is 5.03 Å². The Balaban J connectivity index is 2.36. The first kappa shape index (κ1) is 17.2. The lowest BCUT2D eigenvalue weighted by molar-refractivity contribution is -0.136. The number of aromatic nitrogens is 3. The van der Waals surface area contributed by atoms with Crippen LogP contribution in [0.15, 0.2) is 29.4 Å². The van der Waals surface area contributed by atoms with Crippen molar-refractivity contribution in [1.29, 1.82) is 0 Å². The number of hydrogen-bond acceptors (Lipinski definition) is 4. The van der Waals surface area contributed by atoms with Crippen LogP contribution in [0.4, 0.5) is 4.39 Å². The van der Waals surface area contributed by atoms with Gasteiger partial charge in [0, 0.05) is 24.3 Å². The highest BCUT2D eigenvalue weighted by Gasteiger charge is 2.28. The quantitative estimate of drug-likeness (QED) is 0.763. The zero-order valence-corrected chi connectivity index (χ0v) is 14.6. The molecule has 0 bridgehead atoms. The van der Waals surface area contributed by atoms with Crippen molar-refractivity contribution in [3.63, 3.8) is 0 Å². The smallest absolute Gasteiger partial charge is 0.307 e. The van der Waals surface area contributed by atoms with Crippen molar-refractivity contribution < 1.29 is 22.7 Å². The van der Waals surface area contributed by atoms with E-state index in [1.165, 1.54) is 19.2 Å². The van der Waals surface area contributed by atoms with Gasteiger partial charge in [0.1, 0.15) is 11.6 Å². The lowest BCUT2D eigenvalue weighted by Gasteiger charge is -2.08. The molecular formula is C16H16FN3O4S. The molecule has 0 saturated carbocycles. The number of nitrogens with zero attached hydrogens (tertiary/aromatic N) is 3. The summed E-state index contributed by atoms with van der Waals surface area (Å²) in [5, 5.41) is 9.23. The Kier molecular flexibility index (Phi) is 3.91. The highest BCUT2D eigenvalue weighted by molar-refractivity contribution is 7.90. The third kappa shape index (κ3) is 2.70. The fourth-order valence-corrected chi connectivity index (χ4v) is 4.47. The highest BCUT2D eigenvalue weighted by atomic mass is 32.2. The van der Waals surface area contributed by atoms with Gasteiger partial charge >= 0.3 is 5.97 Å². The first-order valence-corrected chi connectivity index (χ1v) is 8.83. The van der Waals surface area contributed by atoms with Crippen LogP contribution in [-0.2, 0) is 28.3 Å². The summed E-state index contributed by atoms with van der Waals surface area (Å²) in [5.74, 6) is -1.18. The second-order valence-electron chi connectivity index (χ2n) is 5.80. The van der Waals surface area contributed by atoms with Crippen molar-refractivity contribution in [1.82, 2.24) is 13.5 Å². The molecule has 2 aromatic heterocycles. The van der Waals surface area contributed by atoms with E-state index in [0.29, 0.717) is 5.82 Å². The molecule has 0 aliphatic rings. The average Bonchev–Trinajstić information content (AvgIpc) is 2.98. The molecule has 3 aromatic rings. The van der Waals surface area contributed by atoms with Gasteiger partial charge in [0.2, 0.25) is 0 Å². The Morgan fingerprint density at radius 2 is 2.00 bits per heavy atom. The van der Waals surface area contributed by atoms with Crippen molar-refractivity contribution in [3.05, 3.63) is 47.3 Å². The van der Waals surface area contributed by atoms with Gasteiger partial charge in [-0.3, -0.25) is 4.79 Å². The summed E-state index contributed by atoms with van der Waals surface area (Å²) in [6.45, 7) is 3.18. The van der Waals surface area contributed by atoms with Crippen molar-refractivity contribution in [2.45, 2.75) is 25.3 Å². The molecule has 132 valence electrons. The average molecular weight is 365 g/mol. The maximum absolute atomic E-state index is 13.6. The summed E-state index contributed by atoms with van der Waals surface area (Å²) in [7, 11) is -2.38. The predicted octanol–water partition coefficient (Wildman–Crippen LogP) is 1.99. The molecule has 2 heterocycles. The van der Waals surface area contributed by atoms with Crippen LogP contribution in [0.3, 0.4) is 0 Å². The molecule has 25 heavy (non-hydrogen) atoms. The minimum Gasteiger partial charge on any atom is -0.481 e. The van der Waals surface area contributed by atoms with Crippen LogP contribution in [0.1, 0.15) is 17.1 Å². The van der Waals surface area contributed by atoms with Gasteiger partial charge in [-0.1, -0.05) is 0 Å². The standard InChI is InChI=1S/C16H16FN3O4S/c1-9-12(7-16(21)22)13-6-11(17)4-5-14(13)20(9)25(23,24)15-8-19(3)10(2)18-15/h4-6,8H,7H2,1-3H3,(H,21,22). The third-order valence-corrected chi connectivity index (χ3v) is 5.84. The van der Waals surface area contributed by atoms with E-state index in [0.717, 1.165) is 16.1 Å². The van der Waals surface area contributed by atoms with Crippen LogP contribution >= 0.6 is 0 Å². The molecule has 0 amide bonds. The van der Waals surface area contributed by atoms with E-state index < -0.39 is 28.2 Å². The van der Waals surface area contributed by atoms with Crippen molar-refractivity contribution in [2.24, 2.45) is 7.05 Å². The summed E-state index contributed by atoms with van der Waals surface area (Å²) in [4.78, 5) is 15.2. The first-order valence-electron chi connectivity index (χ1n) is 7.39. The highest BCUT2D eigenvalue weighted by Crippen LogP contribution is 2.30. The van der Waals surface area contributed by atoms with Crippen LogP contribution in [0.5, 0.6) is 0 Å². The number of halogens is 1. The van der Waals surface area contributed by atoms with Crippen molar-refractivity contribution in [3.8, 4) is 0 Å². The lowest BCUT2D eigenvalue weighted by Crippen LogP contribution is -2.15. The molecule has 1 N–H and O–H groups in total. The Morgan fingerprint density at radius 1 is 1.32 bits per heavy atom. The van der Waals surface area contributed by atoms with E-state index in [1.54, 1.807) is 18.5 Å². The summed E-state index contributed by atoms with van der Waals surface area (Å²) in [5.41, 5.74) is 0.711. The molecule has 0 aliphatic carbocycles. The van der Waals surface area contributed by atoms with E-state index >= 15 is 0 Å². The summed E-state index contributed by atoms with van der Waals surface area (Å²) < 4.78 is 42.4. The van der Waals surface area contributed by atoms with Crippen LogP contribution in [-0.4, -0.2) is 33.0 Å². The summed E-state index contributed by atoms with van der Waals surface area (Å²) in [6.07, 6.45) is 0.978. The maximum atomic E-state index is 13.6. The number of benzene rings is 1. The van der Waals surface area contributed by atoms with Gasteiger partial charge in [0.25, 0.3) is 10.0 Å². The maximum Gasteiger partial charge on any atom is 0.307 e. The minimum atomic E-state index is -4.06. The monoisotopic (exact) mass is 365 g/mol. The van der Waals surface area contributed by atoms with E-state index in [4.69, 9.17) is 5.11 Å². The van der Waals surface area contributed by atoms with Gasteiger partial charge in [-0.15, -0.1) is 0 Å². The fourth-order valence-electron chi connectivity index (χ4n) is 2.85. The van der Waals surface area contributed by atoms with Gasteiger partial charge in [-0.25, -0.2) is 13.3 Å². The number of aryl methyl sites for hydroxylation is 2. The summed E-state index contributed by atoms with van der Waals surface area (Å²) in [6, 6.07) is 3.62. The first-order chi connectivity index (χ1) is 11.6. The van der Waals surface area contributed by atoms with Gasteiger partial charge in [-0.2, -0.15) is 8.42 Å². The second kappa shape index (κ2) is 5.69. The summed E-state index contributed by atoms with van der Waals surface area (Å²) >= 11 is 0. The molecule has 0 saturated heterocycles. The van der Waals surface area contributed by atoms with E-state index in [9.17, 15) is 17.6 Å². The van der Waals surface area contributed by atoms with Crippen LogP contribution in [0, 0.1) is 19.7 Å². The van der Waals surface area contributed by atoms with Crippen LogP contribution in [0.25, 0.3) is 10.9 Å². The molecule has 0 spiro atoms. The zero-order valence-electron chi connectivity index (χ0n) is 13.8. The fraction of sp³-hybridized carbons (Fsp3) is 0.250. The number of hydrogen-bond donors (Lipinski definition) is 1. The molecule has 1 aromatic carbocycles. The number of imidazole rings is 1. The Morgan fingerprint density at radius 3 is 2.56 bits per heavy atom. The number of rotatable bonds is 4. The van der Waals surface area contributed by atoms with Gasteiger partial charge < -0.3 is 9.67 Å². The number of fused-ring (bicyclic) bond motifs is 1. The Bertz CT molecular complexity index is 1090. The second-order valence-corrected chi connectivity index (χ2v) is 7.54. The number of carboxylic acid groups (broad SMARTS) is 1. The number of carboxylic acids is 1. The number of aliphatic carboxylic acids is 1. The SMILES string of the molecule is Cc1nc(S(=O)(=O)n2c(C)c(CC(=O)O)c3cc(F)ccc32)cn1C. The molecule has 0 fully saturated rings. The molecule has 0 aliphatic heterocycles. The molecule has 3 rings (SSSR count). The normalized spacial score (nSPS) is 12.0. The topological polar surface area (TPSA) is 94.2 Å². The molecule has 7 nitrogen and oxygen atoms in total. The van der Waals surface area contributed by atoms with Crippen molar-refractivity contribution >= 4 is 26.9 Å². The van der Waals surface area contributed by atoms with E-state index in [1.807, 2.05) is 0 Å². The predicted molar refractivity (Wildman–Crippen MR) is 88.5 cm³/mol. The molecule has 0 unspecified atom stereocenters. The molecule has 9 heteroatoms. The Hall–Kier alpha value is -2.68. The molecule has 0 atom stereocenters. The third-order valence-electron chi connectivity index (χ3n) is 4.16. The number of carbonyl (C=O) groups is 1. The molecular weight excluding hydrogens is 349 g/mol. The zero-order chi connectivity index (χ0) is 18.5. The largest absolute Gasteiger partial charge is 0.481 e. The van der Waals surface area contributed by atoms with Crippen LogP contribution < -0.4 is 0 Å². The molecule has 0 radical (unpaired) electrons. The van der Waals surface area contributed by atoms with E-state index in [2.05, 4.69) is 4.98 Å². The lowest BCUT2D eigenvalue weighted by atomic mass is 10.1. The van der Waals surface area contributed by atoms with Crippen molar-refractivity contribution in [2.75, 3.05) is 0 Å². The Labute approximate surface area is 143 Å². The van der Waals surface area contributed by atoms with E-state index in [-0.39, 0.29) is 27.2 Å². The van der Waals surface area contributed by atoms with Crippen LogP contribution in [0.2, 0.25) is 0 Å². The minimum absolute atomic E-state index is 0.154. The van der Waals surface area contributed by atoms with Gasteiger partial charge in [0.05, 0.1) is 11.9 Å². The van der Waals surface area contributed by atoms with Gasteiger partial charge in [-0.05, 0) is 37.6 Å².